The Labute approximate surface area is 184 Å². The number of amides is 2. The first kappa shape index (κ1) is 23.0. The van der Waals surface area contributed by atoms with Gasteiger partial charge in [-0.1, -0.05) is 0 Å². The standard InChI is InChI=1S/C21H25FN6O4/c1-31-12-13-32-20(30)27-10-7-21(6-9-23,8-11-27)28-14-17(18(24)29)19(26-28)25-16-4-2-15(22)3-5-16/h2-5,14H,6-8,10-13H2,1H3,(H2,24,29)(H,25,26). The van der Waals surface area contributed by atoms with E-state index in [1.54, 1.807) is 9.58 Å². The van der Waals surface area contributed by atoms with Gasteiger partial charge < -0.3 is 25.4 Å². The molecule has 3 N–H and O–H groups in total. The lowest BCUT2D eigenvalue weighted by Crippen LogP contribution is -2.48. The minimum atomic E-state index is -0.717. The maximum atomic E-state index is 13.2. The Balaban J connectivity index is 1.80. The van der Waals surface area contributed by atoms with Gasteiger partial charge in [0.2, 0.25) is 0 Å². The second kappa shape index (κ2) is 10.1. The summed E-state index contributed by atoms with van der Waals surface area (Å²) in [7, 11) is 1.52. The normalized spacial score (nSPS) is 15.1. The number of ether oxygens (including phenoxy) is 2. The minimum Gasteiger partial charge on any atom is -0.447 e. The zero-order chi connectivity index (χ0) is 23.1. The summed E-state index contributed by atoms with van der Waals surface area (Å²) < 4.78 is 24.8. The predicted octanol–water partition coefficient (Wildman–Crippen LogP) is 2.35. The van der Waals surface area contributed by atoms with Crippen LogP contribution in [0, 0.1) is 17.1 Å². The first-order chi connectivity index (χ1) is 15.4. The molecule has 1 fully saturated rings. The molecule has 0 unspecified atom stereocenters. The van der Waals surface area contributed by atoms with Crippen LogP contribution in [0.25, 0.3) is 0 Å². The number of hydrogen-bond acceptors (Lipinski definition) is 7. The first-order valence-electron chi connectivity index (χ1n) is 10.1. The number of nitrogens with one attached hydrogen (secondary N) is 1. The molecule has 0 radical (unpaired) electrons. The number of carbonyl (C=O) groups excluding carboxylic acids is 2. The second-order valence-electron chi connectivity index (χ2n) is 7.49. The smallest absolute Gasteiger partial charge is 0.409 e. The SMILES string of the molecule is COCCOC(=O)N1CCC(CC#N)(n2cc(C(N)=O)c(Nc3ccc(F)cc3)n2)CC1. The van der Waals surface area contributed by atoms with Crippen LogP contribution < -0.4 is 11.1 Å². The number of aromatic nitrogens is 2. The molecular formula is C21H25FN6O4. The second-order valence-corrected chi connectivity index (χ2v) is 7.49. The number of hydrogen-bond donors (Lipinski definition) is 2. The number of methoxy groups -OCH3 is 1. The van der Waals surface area contributed by atoms with Crippen LogP contribution in [0.2, 0.25) is 0 Å². The van der Waals surface area contributed by atoms with Crippen LogP contribution in [-0.2, 0) is 15.0 Å². The third kappa shape index (κ3) is 5.15. The van der Waals surface area contributed by atoms with Crippen molar-refractivity contribution in [2.75, 3.05) is 38.7 Å². The summed E-state index contributed by atoms with van der Waals surface area (Å²) in [6, 6.07) is 7.77. The summed E-state index contributed by atoms with van der Waals surface area (Å²) in [5.41, 5.74) is 5.49. The van der Waals surface area contributed by atoms with Gasteiger partial charge in [-0.05, 0) is 37.1 Å². The fraction of sp³-hybridized carbons (Fsp3) is 0.429. The highest BCUT2D eigenvalue weighted by atomic mass is 19.1. The molecule has 1 aliphatic heterocycles. The Hall–Kier alpha value is -3.65. The van der Waals surface area contributed by atoms with Crippen LogP contribution in [0.15, 0.2) is 30.5 Å². The van der Waals surface area contributed by atoms with Gasteiger partial charge in [-0.2, -0.15) is 10.4 Å². The summed E-state index contributed by atoms with van der Waals surface area (Å²) in [6.07, 6.45) is 2.09. The van der Waals surface area contributed by atoms with Crippen molar-refractivity contribution in [3.05, 3.63) is 41.8 Å². The summed E-state index contributed by atoms with van der Waals surface area (Å²) in [4.78, 5) is 25.8. The van der Waals surface area contributed by atoms with Crippen molar-refractivity contribution in [3.8, 4) is 6.07 Å². The molecule has 3 rings (SSSR count). The molecule has 1 aromatic carbocycles. The monoisotopic (exact) mass is 444 g/mol. The molecule has 0 bridgehead atoms. The van der Waals surface area contributed by atoms with Gasteiger partial charge in [0.25, 0.3) is 5.91 Å². The zero-order valence-electron chi connectivity index (χ0n) is 17.7. The van der Waals surface area contributed by atoms with Crippen molar-refractivity contribution in [2.45, 2.75) is 24.8 Å². The van der Waals surface area contributed by atoms with E-state index in [2.05, 4.69) is 16.5 Å². The molecule has 11 heteroatoms. The molecule has 1 aliphatic rings. The fourth-order valence-electron chi connectivity index (χ4n) is 3.60. The molecule has 2 heterocycles. The average molecular weight is 444 g/mol. The van der Waals surface area contributed by atoms with Crippen molar-refractivity contribution in [1.29, 1.82) is 5.26 Å². The quantitative estimate of drug-likeness (QED) is 0.597. The lowest BCUT2D eigenvalue weighted by molar-refractivity contribution is 0.0493. The molecule has 0 saturated carbocycles. The van der Waals surface area contributed by atoms with Gasteiger partial charge in [-0.3, -0.25) is 9.48 Å². The van der Waals surface area contributed by atoms with E-state index in [1.807, 2.05) is 0 Å². The Bertz CT molecular complexity index is 993. The number of likely N-dealkylation sites (tertiary alicyclic amines) is 1. The number of rotatable bonds is 8. The van der Waals surface area contributed by atoms with Crippen LogP contribution in [0.4, 0.5) is 20.7 Å². The first-order valence-corrected chi connectivity index (χ1v) is 10.1. The van der Waals surface area contributed by atoms with Crippen LogP contribution in [0.5, 0.6) is 0 Å². The Morgan fingerprint density at radius 1 is 1.28 bits per heavy atom. The molecule has 2 aromatic rings. The van der Waals surface area contributed by atoms with Gasteiger partial charge in [-0.25, -0.2) is 9.18 Å². The maximum Gasteiger partial charge on any atom is 0.409 e. The van der Waals surface area contributed by atoms with E-state index in [0.717, 1.165) is 0 Å². The third-order valence-corrected chi connectivity index (χ3v) is 5.45. The molecule has 0 atom stereocenters. The van der Waals surface area contributed by atoms with E-state index in [0.29, 0.717) is 38.2 Å². The third-order valence-electron chi connectivity index (χ3n) is 5.45. The molecule has 1 aromatic heterocycles. The Morgan fingerprint density at radius 2 is 1.97 bits per heavy atom. The number of nitriles is 1. The Morgan fingerprint density at radius 3 is 2.56 bits per heavy atom. The van der Waals surface area contributed by atoms with Crippen LogP contribution in [0.1, 0.15) is 29.6 Å². The van der Waals surface area contributed by atoms with Gasteiger partial charge in [0.05, 0.1) is 24.6 Å². The van der Waals surface area contributed by atoms with Crippen molar-refractivity contribution < 1.29 is 23.5 Å². The highest BCUT2D eigenvalue weighted by Crippen LogP contribution is 2.35. The largest absolute Gasteiger partial charge is 0.447 e. The van der Waals surface area contributed by atoms with Gasteiger partial charge in [-0.15, -0.1) is 0 Å². The summed E-state index contributed by atoms with van der Waals surface area (Å²) >= 11 is 0. The zero-order valence-corrected chi connectivity index (χ0v) is 17.7. The fourth-order valence-corrected chi connectivity index (χ4v) is 3.60. The molecule has 32 heavy (non-hydrogen) atoms. The molecule has 2 amide bonds. The van der Waals surface area contributed by atoms with Crippen molar-refractivity contribution in [3.63, 3.8) is 0 Å². The minimum absolute atomic E-state index is 0.134. The van der Waals surface area contributed by atoms with Gasteiger partial charge in [0, 0.05) is 32.1 Å². The summed E-state index contributed by atoms with van der Waals surface area (Å²) in [5.74, 6) is -0.869. The average Bonchev–Trinajstić information content (AvgIpc) is 3.21. The van der Waals surface area contributed by atoms with Crippen LogP contribution in [0.3, 0.4) is 0 Å². The molecule has 0 spiro atoms. The van der Waals surface area contributed by atoms with Crippen molar-refractivity contribution in [2.24, 2.45) is 5.73 Å². The van der Waals surface area contributed by atoms with E-state index >= 15 is 0 Å². The number of anilines is 2. The topological polar surface area (TPSA) is 136 Å². The number of nitrogens with two attached hydrogens (primary N) is 1. The number of piperidine rings is 1. The van der Waals surface area contributed by atoms with E-state index in [4.69, 9.17) is 15.2 Å². The highest BCUT2D eigenvalue weighted by Gasteiger charge is 2.39. The van der Waals surface area contributed by atoms with E-state index in [-0.39, 0.29) is 24.4 Å². The molecule has 0 aliphatic carbocycles. The lowest BCUT2D eigenvalue weighted by Gasteiger charge is -2.40. The van der Waals surface area contributed by atoms with Gasteiger partial charge in [0.15, 0.2) is 5.82 Å². The number of primary amides is 1. The lowest BCUT2D eigenvalue weighted by atomic mass is 9.85. The van der Waals surface area contributed by atoms with E-state index < -0.39 is 23.4 Å². The van der Waals surface area contributed by atoms with E-state index in [9.17, 15) is 19.2 Å². The van der Waals surface area contributed by atoms with Gasteiger partial charge in [0.1, 0.15) is 18.0 Å². The number of nitrogens with zero attached hydrogens (tertiary/aromatic N) is 4. The van der Waals surface area contributed by atoms with Crippen LogP contribution >= 0.6 is 0 Å². The molecule has 10 nitrogen and oxygen atoms in total. The van der Waals surface area contributed by atoms with Crippen LogP contribution in [-0.4, -0.2) is 60.1 Å². The highest BCUT2D eigenvalue weighted by molar-refractivity contribution is 5.98. The number of halogens is 1. The van der Waals surface area contributed by atoms with Gasteiger partial charge >= 0.3 is 6.09 Å². The predicted molar refractivity (Wildman–Crippen MR) is 113 cm³/mol. The summed E-state index contributed by atoms with van der Waals surface area (Å²) in [5, 5.41) is 16.9. The molecule has 1 saturated heterocycles. The van der Waals surface area contributed by atoms with Crippen molar-refractivity contribution in [1.82, 2.24) is 14.7 Å². The van der Waals surface area contributed by atoms with E-state index in [1.165, 1.54) is 37.6 Å². The van der Waals surface area contributed by atoms with Crippen molar-refractivity contribution >= 4 is 23.5 Å². The molecule has 170 valence electrons. The number of benzene rings is 1. The summed E-state index contributed by atoms with van der Waals surface area (Å²) in [6.45, 7) is 1.19. The maximum absolute atomic E-state index is 13.2. The Kier molecular flexibility index (Phi) is 7.27. The molecular weight excluding hydrogens is 419 g/mol. The number of carbonyl (C=O) groups is 2.